The quantitative estimate of drug-likeness (QED) is 0.727. The lowest BCUT2D eigenvalue weighted by atomic mass is 9.94. The van der Waals surface area contributed by atoms with E-state index in [1.165, 1.54) is 0 Å². The monoisotopic (exact) mass is 423 g/mol. The Morgan fingerprint density at radius 2 is 1.72 bits per heavy atom. The molecule has 8 heteroatoms. The summed E-state index contributed by atoms with van der Waals surface area (Å²) in [6.45, 7) is 10.9. The summed E-state index contributed by atoms with van der Waals surface area (Å²) in [5, 5.41) is -0.763. The summed E-state index contributed by atoms with van der Waals surface area (Å²) in [7, 11) is -3.66. The number of nitrogens with zero attached hydrogens (tertiary/aromatic N) is 1. The summed E-state index contributed by atoms with van der Waals surface area (Å²) in [5.41, 5.74) is 0.308. The van der Waals surface area contributed by atoms with Crippen LogP contribution in [-0.4, -0.2) is 60.3 Å². The molecule has 0 saturated carbocycles. The van der Waals surface area contributed by atoms with Crippen LogP contribution >= 0.6 is 0 Å². The molecular formula is C21H29NO6S. The minimum atomic E-state index is -3.66. The van der Waals surface area contributed by atoms with Crippen LogP contribution in [0.1, 0.15) is 46.6 Å². The second kappa shape index (κ2) is 6.43. The second-order valence-electron chi connectivity index (χ2n) is 9.64. The van der Waals surface area contributed by atoms with Gasteiger partial charge in [-0.3, -0.25) is 4.90 Å². The van der Waals surface area contributed by atoms with Gasteiger partial charge >= 0.3 is 6.09 Å². The third-order valence-corrected chi connectivity index (χ3v) is 7.96. The third-order valence-electron chi connectivity index (χ3n) is 5.77. The molecule has 1 unspecified atom stereocenters. The number of fused-ring (bicyclic) bond motifs is 5. The normalized spacial score (nSPS) is 33.0. The van der Waals surface area contributed by atoms with Crippen molar-refractivity contribution in [2.24, 2.45) is 0 Å². The van der Waals surface area contributed by atoms with Crippen LogP contribution in [0.2, 0.25) is 0 Å². The van der Waals surface area contributed by atoms with Gasteiger partial charge in [0.05, 0.1) is 22.2 Å². The average Bonchev–Trinajstić information content (AvgIpc) is 3.18. The average molecular weight is 424 g/mol. The maximum atomic E-state index is 13.5. The summed E-state index contributed by atoms with van der Waals surface area (Å²) in [5.74, 6) is -0.811. The fraction of sp³-hybridized carbons (Fsp3) is 0.667. The first kappa shape index (κ1) is 20.6. The van der Waals surface area contributed by atoms with Crippen molar-refractivity contribution in [2.45, 2.75) is 93.8 Å². The maximum Gasteiger partial charge on any atom is 0.411 e. The first-order chi connectivity index (χ1) is 13.3. The highest BCUT2D eigenvalue weighted by Crippen LogP contribution is 2.50. The molecule has 1 aromatic carbocycles. The van der Waals surface area contributed by atoms with Gasteiger partial charge in [0.15, 0.2) is 15.6 Å². The van der Waals surface area contributed by atoms with Crippen LogP contribution in [0.4, 0.5) is 4.79 Å². The predicted molar refractivity (Wildman–Crippen MR) is 106 cm³/mol. The van der Waals surface area contributed by atoms with Gasteiger partial charge in [-0.15, -0.1) is 0 Å². The molecule has 7 nitrogen and oxygen atoms in total. The molecule has 0 radical (unpaired) electrons. The molecule has 3 aliphatic rings. The highest BCUT2D eigenvalue weighted by atomic mass is 32.2. The Morgan fingerprint density at radius 3 is 2.31 bits per heavy atom. The number of benzene rings is 1. The largest absolute Gasteiger partial charge is 0.444 e. The first-order valence-corrected chi connectivity index (χ1v) is 11.5. The number of hydrogen-bond acceptors (Lipinski definition) is 6. The van der Waals surface area contributed by atoms with E-state index < -0.39 is 50.8 Å². The van der Waals surface area contributed by atoms with Crippen LogP contribution in [0.25, 0.3) is 0 Å². The lowest BCUT2D eigenvalue weighted by Crippen LogP contribution is -2.48. The van der Waals surface area contributed by atoms with Crippen molar-refractivity contribution >= 4 is 15.9 Å². The molecule has 3 fully saturated rings. The highest BCUT2D eigenvalue weighted by Gasteiger charge is 2.68. The van der Waals surface area contributed by atoms with Crippen molar-refractivity contribution in [3.05, 3.63) is 29.8 Å². The standard InChI is InChI=1S/C21H29NO6S/c1-12-7-9-13(10-8-12)29(24,25)15-11-14-17-18(27-21(5,6)26-17)16(15)22(14)19(23)28-20(2,3)4/h7-10,14-18H,11H2,1-6H3/t14-,15?,16+,17-,18+/m1/s1. The molecule has 5 atom stereocenters. The lowest BCUT2D eigenvalue weighted by molar-refractivity contribution is -0.161. The Balaban J connectivity index is 1.70. The SMILES string of the molecule is Cc1ccc(S(=O)(=O)C2C[C@@H]3[C@H]4OC(C)(C)O[C@H]4[C@H]2N3C(=O)OC(C)(C)C)cc1. The summed E-state index contributed by atoms with van der Waals surface area (Å²) >= 11 is 0. The van der Waals surface area contributed by atoms with E-state index in [-0.39, 0.29) is 11.0 Å². The van der Waals surface area contributed by atoms with Gasteiger partial charge in [0, 0.05) is 0 Å². The Labute approximate surface area is 172 Å². The summed E-state index contributed by atoms with van der Waals surface area (Å²) in [6.07, 6.45) is -1.07. The Kier molecular flexibility index (Phi) is 4.57. The molecule has 0 aliphatic carbocycles. The van der Waals surface area contributed by atoms with Gasteiger partial charge in [0.1, 0.15) is 17.8 Å². The zero-order valence-corrected chi connectivity index (χ0v) is 18.5. The number of carbonyl (C=O) groups is 1. The number of hydrogen-bond donors (Lipinski definition) is 0. The number of sulfone groups is 1. The lowest BCUT2D eigenvalue weighted by Gasteiger charge is -2.31. The van der Waals surface area contributed by atoms with Crippen molar-refractivity contribution in [3.8, 4) is 0 Å². The van der Waals surface area contributed by atoms with E-state index in [1.54, 1.807) is 49.9 Å². The van der Waals surface area contributed by atoms with Gasteiger partial charge in [-0.2, -0.15) is 0 Å². The summed E-state index contributed by atoms with van der Waals surface area (Å²) in [6, 6.07) is 5.78. The number of carbonyl (C=O) groups excluding carboxylic acids is 1. The number of amides is 1. The minimum Gasteiger partial charge on any atom is -0.444 e. The van der Waals surface area contributed by atoms with Crippen LogP contribution in [0.5, 0.6) is 0 Å². The molecule has 160 valence electrons. The van der Waals surface area contributed by atoms with Gasteiger partial charge in [-0.1, -0.05) is 17.7 Å². The minimum absolute atomic E-state index is 0.263. The van der Waals surface area contributed by atoms with E-state index in [9.17, 15) is 13.2 Å². The number of aryl methyl sites for hydroxylation is 1. The molecule has 0 N–H and O–H groups in total. The molecule has 3 aliphatic heterocycles. The molecular weight excluding hydrogens is 394 g/mol. The Hall–Kier alpha value is -1.64. The van der Waals surface area contributed by atoms with Gasteiger partial charge in [0.2, 0.25) is 0 Å². The van der Waals surface area contributed by atoms with Gasteiger partial charge in [-0.05, 0) is 60.1 Å². The molecule has 3 heterocycles. The third kappa shape index (κ3) is 3.45. The van der Waals surface area contributed by atoms with Gasteiger partial charge in [-0.25, -0.2) is 13.2 Å². The molecule has 2 bridgehead atoms. The zero-order chi connectivity index (χ0) is 21.4. The van der Waals surface area contributed by atoms with Crippen LogP contribution < -0.4 is 0 Å². The Morgan fingerprint density at radius 1 is 1.14 bits per heavy atom. The van der Waals surface area contributed by atoms with Gasteiger partial charge < -0.3 is 14.2 Å². The molecule has 0 spiro atoms. The van der Waals surface area contributed by atoms with E-state index in [0.717, 1.165) is 5.56 Å². The van der Waals surface area contributed by atoms with E-state index in [1.807, 2.05) is 20.8 Å². The number of rotatable bonds is 2. The molecule has 4 rings (SSSR count). The fourth-order valence-electron chi connectivity index (χ4n) is 4.72. The molecule has 3 saturated heterocycles. The van der Waals surface area contributed by atoms with Crippen molar-refractivity contribution < 1.29 is 27.4 Å². The smallest absolute Gasteiger partial charge is 0.411 e. The topological polar surface area (TPSA) is 82.1 Å². The van der Waals surface area contributed by atoms with E-state index in [4.69, 9.17) is 14.2 Å². The van der Waals surface area contributed by atoms with E-state index >= 15 is 0 Å². The van der Waals surface area contributed by atoms with E-state index in [0.29, 0.717) is 6.42 Å². The molecule has 1 amide bonds. The summed E-state index contributed by atoms with van der Waals surface area (Å²) < 4.78 is 44.6. The molecule has 29 heavy (non-hydrogen) atoms. The predicted octanol–water partition coefficient (Wildman–Crippen LogP) is 3.05. The van der Waals surface area contributed by atoms with Crippen LogP contribution in [0, 0.1) is 6.92 Å². The number of ether oxygens (including phenoxy) is 3. The zero-order valence-electron chi connectivity index (χ0n) is 17.7. The summed E-state index contributed by atoms with van der Waals surface area (Å²) in [4.78, 5) is 14.8. The van der Waals surface area contributed by atoms with Crippen LogP contribution in [0.3, 0.4) is 0 Å². The van der Waals surface area contributed by atoms with Gasteiger partial charge in [0.25, 0.3) is 0 Å². The fourth-order valence-corrected chi connectivity index (χ4v) is 6.69. The van der Waals surface area contributed by atoms with Crippen molar-refractivity contribution in [1.29, 1.82) is 0 Å². The molecule has 1 aromatic rings. The highest BCUT2D eigenvalue weighted by molar-refractivity contribution is 7.92. The van der Waals surface area contributed by atoms with Crippen molar-refractivity contribution in [1.82, 2.24) is 4.90 Å². The molecule has 0 aromatic heterocycles. The van der Waals surface area contributed by atoms with Crippen LogP contribution in [-0.2, 0) is 24.0 Å². The van der Waals surface area contributed by atoms with Crippen molar-refractivity contribution in [2.75, 3.05) is 0 Å². The van der Waals surface area contributed by atoms with E-state index in [2.05, 4.69) is 0 Å². The Bertz CT molecular complexity index is 917. The first-order valence-electron chi connectivity index (χ1n) is 9.98. The second-order valence-corrected chi connectivity index (χ2v) is 11.8. The van der Waals surface area contributed by atoms with Crippen LogP contribution in [0.15, 0.2) is 29.2 Å². The van der Waals surface area contributed by atoms with Crippen molar-refractivity contribution in [3.63, 3.8) is 0 Å². The maximum absolute atomic E-state index is 13.5.